The Bertz CT molecular complexity index is 1150. The normalized spacial score (nSPS) is 15.7. The van der Waals surface area contributed by atoms with E-state index in [2.05, 4.69) is 10.9 Å². The fourth-order valence-electron chi connectivity index (χ4n) is 2.78. The van der Waals surface area contributed by atoms with Crippen LogP contribution in [0.1, 0.15) is 28.4 Å². The number of carbonyl (C=O) groups excluding carboxylic acids is 2. The van der Waals surface area contributed by atoms with Gasteiger partial charge in [0.05, 0.1) is 11.5 Å². The van der Waals surface area contributed by atoms with Gasteiger partial charge in [-0.05, 0) is 49.8 Å². The second kappa shape index (κ2) is 10.5. The van der Waals surface area contributed by atoms with Crippen LogP contribution in [0, 0.1) is 19.3 Å². The van der Waals surface area contributed by atoms with Crippen LogP contribution >= 0.6 is 11.8 Å². The molecule has 1 aliphatic heterocycles. The van der Waals surface area contributed by atoms with Crippen molar-refractivity contribution in [3.63, 3.8) is 0 Å². The lowest BCUT2D eigenvalue weighted by Gasteiger charge is -2.03. The summed E-state index contributed by atoms with van der Waals surface area (Å²) in [6, 6.07) is 14.0. The van der Waals surface area contributed by atoms with Gasteiger partial charge in [-0.15, -0.1) is 6.42 Å². The summed E-state index contributed by atoms with van der Waals surface area (Å²) in [5.41, 5.74) is 2.01. The van der Waals surface area contributed by atoms with Crippen molar-refractivity contribution < 1.29 is 24.2 Å². The van der Waals surface area contributed by atoms with Crippen molar-refractivity contribution in [2.45, 2.75) is 13.8 Å². The summed E-state index contributed by atoms with van der Waals surface area (Å²) in [5, 5.41) is 10.8. The summed E-state index contributed by atoms with van der Waals surface area (Å²) in [6.07, 6.45) is 6.87. The Morgan fingerprint density at radius 3 is 2.47 bits per heavy atom. The highest BCUT2D eigenvalue weighted by Gasteiger charge is 2.33. The number of esters is 1. The minimum absolute atomic E-state index is 0.0896. The van der Waals surface area contributed by atoms with Gasteiger partial charge in [0, 0.05) is 5.56 Å². The average Bonchev–Trinajstić information content (AvgIpc) is 3.08. The van der Waals surface area contributed by atoms with Gasteiger partial charge < -0.3 is 14.6 Å². The highest BCUT2D eigenvalue weighted by atomic mass is 32.2. The molecule has 1 N–H and O–H groups in total. The van der Waals surface area contributed by atoms with Crippen molar-refractivity contribution in [1.29, 1.82) is 0 Å². The van der Waals surface area contributed by atoms with E-state index in [-0.39, 0.29) is 29.6 Å². The summed E-state index contributed by atoms with van der Waals surface area (Å²) in [4.78, 5) is 29.6. The molecule has 162 valence electrons. The molecule has 0 fully saturated rings. The highest BCUT2D eigenvalue weighted by Crippen LogP contribution is 2.39. The molecule has 0 radical (unpaired) electrons. The molecule has 32 heavy (non-hydrogen) atoms. The minimum atomic E-state index is -0.741. The zero-order valence-corrected chi connectivity index (χ0v) is 18.4. The summed E-state index contributed by atoms with van der Waals surface area (Å²) in [5.74, 6) is 1.47. The third-order valence-corrected chi connectivity index (χ3v) is 5.39. The van der Waals surface area contributed by atoms with E-state index in [1.807, 2.05) is 6.92 Å². The molecule has 7 heteroatoms. The molecule has 0 aromatic heterocycles. The number of terminal acetylenes is 1. The van der Waals surface area contributed by atoms with Gasteiger partial charge in [0.25, 0.3) is 5.91 Å². The number of aryl methyl sites for hydroxylation is 1. The zero-order valence-electron chi connectivity index (χ0n) is 17.6. The van der Waals surface area contributed by atoms with E-state index in [1.165, 1.54) is 0 Å². The molecular weight excluding hydrogens is 426 g/mol. The number of aliphatic hydroxyl groups excluding tert-OH is 1. The fraction of sp³-hybridized carbons (Fsp3) is 0.160. The van der Waals surface area contributed by atoms with Crippen LogP contribution < -0.4 is 4.74 Å². The molecule has 0 saturated heterocycles. The number of amides is 1. The maximum Gasteiger partial charge on any atom is 0.344 e. The SMILES string of the molecule is C#CCOc1ccc(/C=C2\SC(=NC(=O)c3ccc(C)cc3)C(C(=O)OCC)=C2O)cc1. The first-order valence-electron chi connectivity index (χ1n) is 9.79. The smallest absolute Gasteiger partial charge is 0.344 e. The topological polar surface area (TPSA) is 85.2 Å². The molecule has 2 aromatic rings. The minimum Gasteiger partial charge on any atom is -0.506 e. The second-order valence-corrected chi connectivity index (χ2v) is 7.74. The monoisotopic (exact) mass is 447 g/mol. The van der Waals surface area contributed by atoms with Crippen LogP contribution in [0.3, 0.4) is 0 Å². The second-order valence-electron chi connectivity index (χ2n) is 6.70. The van der Waals surface area contributed by atoms with Crippen LogP contribution in [0.2, 0.25) is 0 Å². The Labute approximate surface area is 190 Å². The Balaban J connectivity index is 1.93. The van der Waals surface area contributed by atoms with E-state index < -0.39 is 11.9 Å². The van der Waals surface area contributed by atoms with Gasteiger partial charge in [0.1, 0.15) is 28.7 Å². The number of hydrogen-bond acceptors (Lipinski definition) is 6. The standard InChI is InChI=1S/C25H21NO5S/c1-4-14-31-19-12-8-17(9-13-19)15-20-22(27)21(25(29)30-5-2)24(32-20)26-23(28)18-10-6-16(3)7-11-18/h1,6-13,15,27H,5,14H2,2-3H3/b20-15-,26-24?. The lowest BCUT2D eigenvalue weighted by atomic mass is 10.1. The Morgan fingerprint density at radius 1 is 1.16 bits per heavy atom. The lowest BCUT2D eigenvalue weighted by Crippen LogP contribution is -2.14. The first-order valence-corrected chi connectivity index (χ1v) is 10.6. The van der Waals surface area contributed by atoms with Crippen molar-refractivity contribution in [1.82, 2.24) is 0 Å². The van der Waals surface area contributed by atoms with Gasteiger partial charge in [-0.2, -0.15) is 0 Å². The third-order valence-electron chi connectivity index (χ3n) is 4.37. The van der Waals surface area contributed by atoms with Crippen LogP contribution in [0.25, 0.3) is 6.08 Å². The molecule has 0 aliphatic carbocycles. The van der Waals surface area contributed by atoms with Crippen LogP contribution in [0.5, 0.6) is 5.75 Å². The number of hydrogen-bond donors (Lipinski definition) is 1. The number of thioether (sulfide) groups is 1. The molecule has 1 aliphatic rings. The van der Waals surface area contributed by atoms with Crippen molar-refractivity contribution in [2.75, 3.05) is 13.2 Å². The number of aliphatic imine (C=N–C) groups is 1. The van der Waals surface area contributed by atoms with Gasteiger partial charge in [-0.25, -0.2) is 9.79 Å². The molecule has 0 bridgehead atoms. The first-order chi connectivity index (χ1) is 15.4. The third kappa shape index (κ3) is 5.48. The predicted octanol–water partition coefficient (Wildman–Crippen LogP) is 4.71. The first kappa shape index (κ1) is 22.9. The van der Waals surface area contributed by atoms with E-state index in [0.29, 0.717) is 16.2 Å². The molecule has 0 atom stereocenters. The molecule has 6 nitrogen and oxygen atoms in total. The van der Waals surface area contributed by atoms with Gasteiger partial charge >= 0.3 is 5.97 Å². The van der Waals surface area contributed by atoms with E-state index >= 15 is 0 Å². The molecular formula is C25H21NO5S. The molecule has 1 heterocycles. The highest BCUT2D eigenvalue weighted by molar-refractivity contribution is 8.18. The van der Waals surface area contributed by atoms with Gasteiger partial charge in [-0.1, -0.05) is 47.5 Å². The fourth-order valence-corrected chi connectivity index (χ4v) is 3.79. The summed E-state index contributed by atoms with van der Waals surface area (Å²) in [6.45, 7) is 3.86. The molecule has 0 saturated carbocycles. The Morgan fingerprint density at radius 2 is 1.84 bits per heavy atom. The lowest BCUT2D eigenvalue weighted by molar-refractivity contribution is -0.138. The maximum absolute atomic E-state index is 12.6. The molecule has 0 unspecified atom stereocenters. The maximum atomic E-state index is 12.6. The average molecular weight is 448 g/mol. The number of benzene rings is 2. The van der Waals surface area contributed by atoms with Gasteiger partial charge in [-0.3, -0.25) is 4.79 Å². The van der Waals surface area contributed by atoms with Gasteiger partial charge in [0.2, 0.25) is 0 Å². The number of nitrogens with zero attached hydrogens (tertiary/aromatic N) is 1. The Kier molecular flexibility index (Phi) is 7.53. The number of aliphatic hydroxyl groups is 1. The van der Waals surface area contributed by atoms with Crippen molar-refractivity contribution in [3.8, 4) is 18.1 Å². The van der Waals surface area contributed by atoms with Crippen LogP contribution in [-0.4, -0.2) is 35.2 Å². The van der Waals surface area contributed by atoms with Crippen LogP contribution in [-0.2, 0) is 9.53 Å². The van der Waals surface area contributed by atoms with Gasteiger partial charge in [0.15, 0.2) is 0 Å². The Hall–Kier alpha value is -3.76. The number of carbonyl (C=O) groups is 2. The van der Waals surface area contributed by atoms with Crippen LogP contribution in [0.4, 0.5) is 0 Å². The van der Waals surface area contributed by atoms with Crippen molar-refractivity contribution >= 4 is 34.8 Å². The largest absolute Gasteiger partial charge is 0.506 e. The van der Waals surface area contributed by atoms with Crippen molar-refractivity contribution in [2.24, 2.45) is 4.99 Å². The summed E-state index contributed by atoms with van der Waals surface area (Å²) < 4.78 is 10.4. The number of rotatable bonds is 6. The van der Waals surface area contributed by atoms with Crippen LogP contribution in [0.15, 0.2) is 69.8 Å². The molecule has 2 aromatic carbocycles. The van der Waals surface area contributed by atoms with E-state index in [4.69, 9.17) is 15.9 Å². The summed E-state index contributed by atoms with van der Waals surface area (Å²) >= 11 is 1.03. The predicted molar refractivity (Wildman–Crippen MR) is 126 cm³/mol. The van der Waals surface area contributed by atoms with E-state index in [9.17, 15) is 14.7 Å². The van der Waals surface area contributed by atoms with E-state index in [0.717, 1.165) is 22.9 Å². The van der Waals surface area contributed by atoms with E-state index in [1.54, 1.807) is 61.5 Å². The zero-order chi connectivity index (χ0) is 23.1. The number of ether oxygens (including phenoxy) is 2. The molecule has 1 amide bonds. The molecule has 0 spiro atoms. The quantitative estimate of drug-likeness (QED) is 0.510. The summed E-state index contributed by atoms with van der Waals surface area (Å²) in [7, 11) is 0. The van der Waals surface area contributed by atoms with Crippen molar-refractivity contribution in [3.05, 3.63) is 81.5 Å². The molecule has 3 rings (SSSR count).